The largest absolute Gasteiger partial charge is 0.493 e. The van der Waals surface area contributed by atoms with E-state index in [-0.39, 0.29) is 47.5 Å². The van der Waals surface area contributed by atoms with Gasteiger partial charge in [-0.3, -0.25) is 0 Å². The van der Waals surface area contributed by atoms with E-state index in [4.69, 9.17) is 9.47 Å². The fourth-order valence-electron chi connectivity index (χ4n) is 3.93. The minimum absolute atomic E-state index is 0. The van der Waals surface area contributed by atoms with Crippen molar-refractivity contribution in [3.8, 4) is 11.5 Å². The lowest BCUT2D eigenvalue weighted by molar-refractivity contribution is -0.153. The van der Waals surface area contributed by atoms with Crippen molar-refractivity contribution in [2.45, 2.75) is 58.2 Å². The van der Waals surface area contributed by atoms with E-state index in [1.165, 1.54) is 32.4 Å². The monoisotopic (exact) mass is 573 g/mol. The second-order valence-electron chi connectivity index (χ2n) is 7.97. The minimum Gasteiger partial charge on any atom is -0.493 e. The van der Waals surface area contributed by atoms with Gasteiger partial charge in [0.05, 0.1) is 13.7 Å². The molecule has 0 bridgehead atoms. The summed E-state index contributed by atoms with van der Waals surface area (Å²) < 4.78 is 47.2. The molecular formula is C22H35F3IN3O3. The quantitative estimate of drug-likeness (QED) is 0.216. The van der Waals surface area contributed by atoms with Crippen molar-refractivity contribution in [2.75, 3.05) is 33.4 Å². The number of alkyl halides is 3. The molecule has 184 valence electrons. The Balaban J connectivity index is 0.00000512. The number of ether oxygens (including phenoxy) is 2. The summed E-state index contributed by atoms with van der Waals surface area (Å²) in [6, 6.07) is 4.77. The van der Waals surface area contributed by atoms with Crippen LogP contribution < -0.4 is 20.1 Å². The first kappa shape index (κ1) is 28.6. The van der Waals surface area contributed by atoms with Crippen molar-refractivity contribution < 1.29 is 27.8 Å². The summed E-state index contributed by atoms with van der Waals surface area (Å²) in [6.45, 7) is 2.57. The van der Waals surface area contributed by atoms with Crippen LogP contribution in [0, 0.1) is 5.41 Å². The topological polar surface area (TPSA) is 75.1 Å². The molecule has 0 aliphatic heterocycles. The van der Waals surface area contributed by atoms with Crippen molar-refractivity contribution in [3.63, 3.8) is 0 Å². The lowest BCUT2D eigenvalue weighted by Gasteiger charge is -2.37. The lowest BCUT2D eigenvalue weighted by Crippen LogP contribution is -2.44. The van der Waals surface area contributed by atoms with Gasteiger partial charge in [0.15, 0.2) is 24.1 Å². The zero-order valence-corrected chi connectivity index (χ0v) is 21.1. The third-order valence-corrected chi connectivity index (χ3v) is 5.57. The molecule has 0 heterocycles. The van der Waals surface area contributed by atoms with E-state index in [1.54, 1.807) is 12.1 Å². The van der Waals surface area contributed by atoms with Gasteiger partial charge in [0, 0.05) is 19.7 Å². The molecular weight excluding hydrogens is 538 g/mol. The maximum absolute atomic E-state index is 12.4. The standard InChI is InChI=1S/C22H34F3N3O3.HI/c1-3-26-20(28-15-21(11-12-29)9-5-4-6-10-21)27-14-17-7-8-18(19(13-17)30-2)31-16-22(23,24)25;/h7-8,13,29H,3-6,9-12,14-16H2,1-2H3,(H2,26,27,28);1H. The van der Waals surface area contributed by atoms with E-state index in [9.17, 15) is 18.3 Å². The Morgan fingerprint density at radius 1 is 1.16 bits per heavy atom. The first-order chi connectivity index (χ1) is 14.8. The molecule has 6 nitrogen and oxygen atoms in total. The van der Waals surface area contributed by atoms with E-state index >= 15 is 0 Å². The number of halogens is 4. The summed E-state index contributed by atoms with van der Waals surface area (Å²) in [6.07, 6.45) is 2.15. The predicted molar refractivity (Wildman–Crippen MR) is 130 cm³/mol. The number of aliphatic hydroxyl groups excluding tert-OH is 1. The zero-order valence-electron chi connectivity index (χ0n) is 18.8. The first-order valence-electron chi connectivity index (χ1n) is 10.8. The molecule has 0 atom stereocenters. The number of hydrogen-bond donors (Lipinski definition) is 3. The van der Waals surface area contributed by atoms with Gasteiger partial charge in [-0.15, -0.1) is 24.0 Å². The average molecular weight is 573 g/mol. The second-order valence-corrected chi connectivity index (χ2v) is 7.97. The summed E-state index contributed by atoms with van der Waals surface area (Å²) in [5.74, 6) is 0.946. The van der Waals surface area contributed by atoms with Crippen LogP contribution >= 0.6 is 24.0 Å². The molecule has 1 fully saturated rings. The number of methoxy groups -OCH3 is 1. The molecule has 10 heteroatoms. The van der Waals surface area contributed by atoms with Gasteiger partial charge >= 0.3 is 6.18 Å². The Morgan fingerprint density at radius 3 is 2.47 bits per heavy atom. The van der Waals surface area contributed by atoms with Crippen molar-refractivity contribution in [1.29, 1.82) is 0 Å². The van der Waals surface area contributed by atoms with Crippen LogP contribution in [0.4, 0.5) is 13.2 Å². The molecule has 0 amide bonds. The third kappa shape index (κ3) is 9.60. The smallest absolute Gasteiger partial charge is 0.422 e. The number of aliphatic imine (C=N–C) groups is 1. The van der Waals surface area contributed by atoms with Crippen LogP contribution in [0.1, 0.15) is 51.0 Å². The number of aliphatic hydroxyl groups is 1. The summed E-state index contributed by atoms with van der Waals surface area (Å²) in [7, 11) is 1.39. The molecule has 0 aromatic heterocycles. The van der Waals surface area contributed by atoms with Gasteiger partial charge in [-0.05, 0) is 49.3 Å². The molecule has 1 saturated carbocycles. The minimum atomic E-state index is -4.41. The lowest BCUT2D eigenvalue weighted by atomic mass is 9.72. The molecule has 0 spiro atoms. The van der Waals surface area contributed by atoms with Gasteiger partial charge in [0.2, 0.25) is 0 Å². The van der Waals surface area contributed by atoms with E-state index in [1.807, 2.05) is 6.92 Å². The van der Waals surface area contributed by atoms with E-state index in [0.29, 0.717) is 19.0 Å². The maximum Gasteiger partial charge on any atom is 0.422 e. The Morgan fingerprint density at radius 2 is 1.88 bits per heavy atom. The predicted octanol–water partition coefficient (Wildman–Crippen LogP) is 4.64. The second kappa shape index (κ2) is 14.0. The highest BCUT2D eigenvalue weighted by molar-refractivity contribution is 14.0. The molecule has 0 saturated heterocycles. The van der Waals surface area contributed by atoms with Crippen molar-refractivity contribution >= 4 is 29.9 Å². The highest BCUT2D eigenvalue weighted by atomic mass is 127. The SMILES string of the molecule is CCNC(=NCc1ccc(OCC(F)(F)F)c(OC)c1)NCC1(CCO)CCCCC1.I. The van der Waals surface area contributed by atoms with Crippen molar-refractivity contribution in [3.05, 3.63) is 23.8 Å². The molecule has 1 aliphatic rings. The molecule has 1 aromatic carbocycles. The van der Waals surface area contributed by atoms with Crippen LogP contribution in [0.5, 0.6) is 11.5 Å². The van der Waals surface area contributed by atoms with Crippen LogP contribution in [0.25, 0.3) is 0 Å². The van der Waals surface area contributed by atoms with Gasteiger partial charge in [0.1, 0.15) is 0 Å². The number of nitrogens with one attached hydrogen (secondary N) is 2. The molecule has 3 N–H and O–H groups in total. The number of rotatable bonds is 10. The number of hydrogen-bond acceptors (Lipinski definition) is 4. The normalized spacial score (nSPS) is 16.1. The third-order valence-electron chi connectivity index (χ3n) is 5.57. The molecule has 32 heavy (non-hydrogen) atoms. The Bertz CT molecular complexity index is 706. The van der Waals surface area contributed by atoms with E-state index in [0.717, 1.165) is 31.4 Å². The Kier molecular flexibility index (Phi) is 12.5. The maximum atomic E-state index is 12.4. The highest BCUT2D eigenvalue weighted by Crippen LogP contribution is 2.38. The summed E-state index contributed by atoms with van der Waals surface area (Å²) >= 11 is 0. The summed E-state index contributed by atoms with van der Waals surface area (Å²) in [5.41, 5.74) is 0.875. The van der Waals surface area contributed by atoms with Crippen LogP contribution in [-0.2, 0) is 6.54 Å². The van der Waals surface area contributed by atoms with Crippen LogP contribution in [0.3, 0.4) is 0 Å². The number of nitrogens with zero attached hydrogens (tertiary/aromatic N) is 1. The van der Waals surface area contributed by atoms with Crippen LogP contribution in [0.15, 0.2) is 23.2 Å². The van der Waals surface area contributed by atoms with Crippen LogP contribution in [0.2, 0.25) is 0 Å². The fourth-order valence-corrected chi connectivity index (χ4v) is 3.93. The van der Waals surface area contributed by atoms with Gasteiger partial charge in [-0.1, -0.05) is 25.3 Å². The van der Waals surface area contributed by atoms with Gasteiger partial charge < -0.3 is 25.2 Å². The van der Waals surface area contributed by atoms with Crippen molar-refractivity contribution in [1.82, 2.24) is 10.6 Å². The Labute approximate surface area is 205 Å². The average Bonchev–Trinajstić information content (AvgIpc) is 2.75. The fraction of sp³-hybridized carbons (Fsp3) is 0.682. The highest BCUT2D eigenvalue weighted by Gasteiger charge is 2.31. The van der Waals surface area contributed by atoms with Crippen molar-refractivity contribution in [2.24, 2.45) is 10.4 Å². The molecule has 1 aliphatic carbocycles. The Hall–Kier alpha value is -1.43. The molecule has 1 aromatic rings. The number of benzene rings is 1. The van der Waals surface area contributed by atoms with Gasteiger partial charge in [0.25, 0.3) is 0 Å². The summed E-state index contributed by atoms with van der Waals surface area (Å²) in [5, 5.41) is 16.1. The van der Waals surface area contributed by atoms with Gasteiger partial charge in [-0.2, -0.15) is 13.2 Å². The molecule has 0 unspecified atom stereocenters. The van der Waals surface area contributed by atoms with Crippen LogP contribution in [-0.4, -0.2) is 50.7 Å². The zero-order chi connectivity index (χ0) is 22.7. The van der Waals surface area contributed by atoms with E-state index in [2.05, 4.69) is 15.6 Å². The molecule has 2 rings (SSSR count). The van der Waals surface area contributed by atoms with Gasteiger partial charge in [-0.25, -0.2) is 4.99 Å². The molecule has 0 radical (unpaired) electrons. The first-order valence-corrected chi connectivity index (χ1v) is 10.8. The summed E-state index contributed by atoms with van der Waals surface area (Å²) in [4.78, 5) is 4.61. The van der Waals surface area contributed by atoms with E-state index < -0.39 is 12.8 Å². The number of guanidine groups is 1.